The number of aromatic nitrogens is 7. The van der Waals surface area contributed by atoms with Gasteiger partial charge in [-0.1, -0.05) is 6.07 Å². The summed E-state index contributed by atoms with van der Waals surface area (Å²) in [7, 11) is 3.43. The largest absolute Gasteiger partial charge is 0.494 e. The minimum atomic E-state index is -0.367. The first kappa shape index (κ1) is 24.7. The third-order valence-corrected chi connectivity index (χ3v) is 6.63. The monoisotopic (exact) mass is 529 g/mol. The summed E-state index contributed by atoms with van der Waals surface area (Å²) in [6.45, 7) is 2.38. The van der Waals surface area contributed by atoms with Crippen molar-refractivity contribution in [2.45, 2.75) is 32.4 Å². The molecule has 0 saturated carbocycles. The first-order valence-electron chi connectivity index (χ1n) is 12.7. The van der Waals surface area contributed by atoms with Crippen LogP contribution in [0.4, 0.5) is 27.4 Å². The zero-order valence-corrected chi connectivity index (χ0v) is 21.8. The molecule has 0 aliphatic carbocycles. The predicted molar refractivity (Wildman–Crippen MR) is 145 cm³/mol. The highest BCUT2D eigenvalue weighted by Gasteiger charge is 2.22. The van der Waals surface area contributed by atoms with Crippen molar-refractivity contribution >= 4 is 34.2 Å². The Morgan fingerprint density at radius 2 is 1.95 bits per heavy atom. The Hall–Kier alpha value is -4.58. The van der Waals surface area contributed by atoms with Gasteiger partial charge < -0.3 is 20.1 Å². The molecule has 4 aromatic heterocycles. The number of nitrogens with one attached hydrogen (secondary N) is 2. The number of nitrogens with zero attached hydrogens (tertiary/aromatic N) is 7. The summed E-state index contributed by atoms with van der Waals surface area (Å²) in [6.07, 6.45) is 7.42. The van der Waals surface area contributed by atoms with E-state index in [1.807, 2.05) is 35.9 Å². The van der Waals surface area contributed by atoms with Crippen LogP contribution in [-0.4, -0.2) is 48.0 Å². The van der Waals surface area contributed by atoms with Gasteiger partial charge in [-0.15, -0.1) is 0 Å². The standard InChI is InChI=1S/C27H28FN9O2/c1-16-11-21(29-13-18(16)28)33-22-12-20(24-27(34-22)37(15-30-24)23-9-4-5-10-39-23)32-19-8-6-7-17(25(19)38-3)26-31-14-36(2)35-26/h6-8,11-15,23H,4-5,9-10H2,1-3H3,(H2,29,32,33,34). The molecule has 1 atom stereocenters. The van der Waals surface area contributed by atoms with Crippen molar-refractivity contribution < 1.29 is 13.9 Å². The molecule has 1 aliphatic rings. The average molecular weight is 530 g/mol. The van der Waals surface area contributed by atoms with Crippen molar-refractivity contribution in [2.75, 3.05) is 24.4 Å². The molecule has 11 nitrogen and oxygen atoms in total. The van der Waals surface area contributed by atoms with Crippen LogP contribution in [0.15, 0.2) is 49.2 Å². The van der Waals surface area contributed by atoms with Crippen LogP contribution in [0.25, 0.3) is 22.6 Å². The Kier molecular flexibility index (Phi) is 6.53. The fourth-order valence-electron chi connectivity index (χ4n) is 4.70. The maximum absolute atomic E-state index is 13.8. The lowest BCUT2D eigenvalue weighted by atomic mass is 10.1. The maximum atomic E-state index is 13.8. The Bertz CT molecular complexity index is 1640. The van der Waals surface area contributed by atoms with Crippen molar-refractivity contribution in [3.8, 4) is 17.1 Å². The number of benzene rings is 1. The molecule has 0 bridgehead atoms. The number of para-hydroxylation sites is 1. The molecule has 1 fully saturated rings. The van der Waals surface area contributed by atoms with Crippen LogP contribution in [0.3, 0.4) is 0 Å². The fourth-order valence-corrected chi connectivity index (χ4v) is 4.70. The van der Waals surface area contributed by atoms with Crippen LogP contribution < -0.4 is 15.4 Å². The smallest absolute Gasteiger partial charge is 0.184 e. The topological polar surface area (TPSA) is 117 Å². The molecule has 1 aliphatic heterocycles. The number of fused-ring (bicyclic) bond motifs is 1. The van der Waals surface area contributed by atoms with Crippen LogP contribution in [0.5, 0.6) is 5.75 Å². The molecule has 0 radical (unpaired) electrons. The Balaban J connectivity index is 1.44. The third-order valence-electron chi connectivity index (χ3n) is 6.63. The molecule has 0 amide bonds. The zero-order valence-electron chi connectivity index (χ0n) is 21.8. The molecular formula is C27H28FN9O2. The Morgan fingerprint density at radius 1 is 1.05 bits per heavy atom. The molecular weight excluding hydrogens is 501 g/mol. The number of methoxy groups -OCH3 is 1. The van der Waals surface area contributed by atoms with Gasteiger partial charge in [0.1, 0.15) is 35.5 Å². The summed E-state index contributed by atoms with van der Waals surface area (Å²) in [5, 5.41) is 11.1. The lowest BCUT2D eigenvalue weighted by molar-refractivity contribution is -0.0298. The van der Waals surface area contributed by atoms with Crippen LogP contribution >= 0.6 is 0 Å². The number of aryl methyl sites for hydroxylation is 2. The van der Waals surface area contributed by atoms with E-state index >= 15 is 0 Å². The average Bonchev–Trinajstić information content (AvgIpc) is 3.57. The number of hydrogen-bond acceptors (Lipinski definition) is 9. The Morgan fingerprint density at radius 3 is 2.69 bits per heavy atom. The summed E-state index contributed by atoms with van der Waals surface area (Å²) >= 11 is 0. The number of rotatable bonds is 7. The van der Waals surface area contributed by atoms with Gasteiger partial charge in [0, 0.05) is 19.7 Å². The van der Waals surface area contributed by atoms with Crippen LogP contribution in [-0.2, 0) is 11.8 Å². The first-order valence-corrected chi connectivity index (χ1v) is 12.7. The van der Waals surface area contributed by atoms with Gasteiger partial charge in [0.15, 0.2) is 17.2 Å². The van der Waals surface area contributed by atoms with Gasteiger partial charge in [0.05, 0.1) is 36.6 Å². The van der Waals surface area contributed by atoms with Gasteiger partial charge >= 0.3 is 0 Å². The molecule has 39 heavy (non-hydrogen) atoms. The number of ether oxygens (including phenoxy) is 2. The minimum absolute atomic E-state index is 0.154. The summed E-state index contributed by atoms with van der Waals surface area (Å²) in [5.41, 5.74) is 3.95. The van der Waals surface area contributed by atoms with E-state index in [1.165, 1.54) is 6.20 Å². The quantitative estimate of drug-likeness (QED) is 0.291. The SMILES string of the molecule is COc1c(Nc2cc(Nc3cc(C)c(F)cn3)nc3c2ncn3C2CCCCO2)cccc1-c1ncn(C)n1. The van der Waals surface area contributed by atoms with E-state index in [0.29, 0.717) is 57.9 Å². The van der Waals surface area contributed by atoms with Crippen molar-refractivity contribution in [2.24, 2.45) is 7.05 Å². The fraction of sp³-hybridized carbons (Fsp3) is 0.296. The van der Waals surface area contributed by atoms with Crippen molar-refractivity contribution in [1.82, 2.24) is 34.3 Å². The Labute approximate surface area is 224 Å². The lowest BCUT2D eigenvalue weighted by Crippen LogP contribution is -2.17. The van der Waals surface area contributed by atoms with Gasteiger partial charge in [0.25, 0.3) is 0 Å². The summed E-state index contributed by atoms with van der Waals surface area (Å²) in [6, 6.07) is 9.21. The van der Waals surface area contributed by atoms with Crippen LogP contribution in [0.1, 0.15) is 31.1 Å². The van der Waals surface area contributed by atoms with Gasteiger partial charge in [-0.25, -0.2) is 24.3 Å². The number of anilines is 4. The highest BCUT2D eigenvalue weighted by Crippen LogP contribution is 2.39. The molecule has 6 rings (SSSR count). The van der Waals surface area contributed by atoms with Crippen molar-refractivity contribution in [3.05, 3.63) is 60.6 Å². The molecule has 1 aromatic carbocycles. The van der Waals surface area contributed by atoms with Crippen LogP contribution in [0.2, 0.25) is 0 Å². The normalized spacial score (nSPS) is 15.4. The van der Waals surface area contributed by atoms with Gasteiger partial charge in [-0.2, -0.15) is 5.10 Å². The minimum Gasteiger partial charge on any atom is -0.494 e. The lowest BCUT2D eigenvalue weighted by Gasteiger charge is -2.24. The number of halogens is 1. The molecule has 1 unspecified atom stereocenters. The van der Waals surface area contributed by atoms with Crippen LogP contribution in [0, 0.1) is 12.7 Å². The second kappa shape index (κ2) is 10.3. The molecule has 1 saturated heterocycles. The van der Waals surface area contributed by atoms with E-state index in [-0.39, 0.29) is 12.0 Å². The first-order chi connectivity index (χ1) is 19.0. The predicted octanol–water partition coefficient (Wildman–Crippen LogP) is 5.26. The van der Waals surface area contributed by atoms with Gasteiger partial charge in [-0.3, -0.25) is 9.25 Å². The molecule has 200 valence electrons. The molecule has 12 heteroatoms. The summed E-state index contributed by atoms with van der Waals surface area (Å²) in [4.78, 5) is 18.1. The van der Waals surface area contributed by atoms with E-state index in [1.54, 1.807) is 37.4 Å². The third kappa shape index (κ3) is 4.86. The van der Waals surface area contributed by atoms with E-state index in [4.69, 9.17) is 19.4 Å². The zero-order chi connectivity index (χ0) is 26.9. The van der Waals surface area contributed by atoms with Crippen molar-refractivity contribution in [1.29, 1.82) is 0 Å². The second-order valence-corrected chi connectivity index (χ2v) is 9.40. The molecule has 2 N–H and O–H groups in total. The highest BCUT2D eigenvalue weighted by atomic mass is 19.1. The van der Waals surface area contributed by atoms with E-state index in [9.17, 15) is 4.39 Å². The summed E-state index contributed by atoms with van der Waals surface area (Å²) in [5.74, 6) is 1.77. The maximum Gasteiger partial charge on any atom is 0.184 e. The second-order valence-electron chi connectivity index (χ2n) is 9.40. The van der Waals surface area contributed by atoms with Gasteiger partial charge in [-0.05, 0) is 49.9 Å². The molecule has 0 spiro atoms. The number of pyridine rings is 2. The van der Waals surface area contributed by atoms with Crippen molar-refractivity contribution in [3.63, 3.8) is 0 Å². The van der Waals surface area contributed by atoms with E-state index in [2.05, 4.69) is 25.7 Å². The van der Waals surface area contributed by atoms with E-state index < -0.39 is 0 Å². The highest BCUT2D eigenvalue weighted by molar-refractivity contribution is 5.92. The van der Waals surface area contributed by atoms with Gasteiger partial charge in [0.2, 0.25) is 0 Å². The molecule has 5 aromatic rings. The van der Waals surface area contributed by atoms with E-state index in [0.717, 1.165) is 24.8 Å². The summed E-state index contributed by atoms with van der Waals surface area (Å²) < 4.78 is 29.3. The number of hydrogen-bond donors (Lipinski definition) is 2. The molecule has 5 heterocycles. The number of imidazole rings is 1.